The number of methoxy groups -OCH3 is 1. The summed E-state index contributed by atoms with van der Waals surface area (Å²) in [6.07, 6.45) is 1.83. The van der Waals surface area contributed by atoms with Crippen molar-refractivity contribution in [2.24, 2.45) is 0 Å². The number of hydrogen-bond donors (Lipinski definition) is 1. The molecule has 1 N–H and O–H groups in total. The van der Waals surface area contributed by atoms with Gasteiger partial charge < -0.3 is 14.4 Å². The minimum Gasteiger partial charge on any atom is -0.497 e. The van der Waals surface area contributed by atoms with E-state index < -0.39 is 0 Å². The highest BCUT2D eigenvalue weighted by Crippen LogP contribution is 2.37. The van der Waals surface area contributed by atoms with Gasteiger partial charge in [0, 0.05) is 43.5 Å². The molecule has 3 heterocycles. The van der Waals surface area contributed by atoms with Crippen molar-refractivity contribution in [3.8, 4) is 11.5 Å². The fraction of sp³-hybridized carbons (Fsp3) is 0.421. The summed E-state index contributed by atoms with van der Waals surface area (Å²) in [5.74, 6) is 1.71. The van der Waals surface area contributed by atoms with Gasteiger partial charge in [-0.05, 0) is 31.3 Å². The van der Waals surface area contributed by atoms with Gasteiger partial charge in [0.25, 0.3) is 0 Å². The van der Waals surface area contributed by atoms with Crippen LogP contribution in [0.25, 0.3) is 0 Å². The molecule has 1 aromatic carbocycles. The van der Waals surface area contributed by atoms with Crippen LogP contribution in [0.2, 0.25) is 0 Å². The minimum atomic E-state index is -0.000272. The van der Waals surface area contributed by atoms with E-state index in [0.29, 0.717) is 6.61 Å². The number of fused-ring (bicyclic) bond motifs is 2. The van der Waals surface area contributed by atoms with E-state index in [2.05, 4.69) is 39.5 Å². The molecule has 1 aromatic heterocycles. The van der Waals surface area contributed by atoms with Crippen molar-refractivity contribution in [1.82, 2.24) is 20.3 Å². The third-order valence-corrected chi connectivity index (χ3v) is 4.94. The largest absolute Gasteiger partial charge is 0.497 e. The Morgan fingerprint density at radius 3 is 2.80 bits per heavy atom. The first kappa shape index (κ1) is 16.3. The monoisotopic (exact) mass is 340 g/mol. The quantitative estimate of drug-likeness (QED) is 0.920. The summed E-state index contributed by atoms with van der Waals surface area (Å²) in [6.45, 7) is 4.57. The molecule has 1 fully saturated rings. The van der Waals surface area contributed by atoms with Gasteiger partial charge in [-0.3, -0.25) is 4.98 Å². The van der Waals surface area contributed by atoms with Gasteiger partial charge in [-0.2, -0.15) is 0 Å². The second kappa shape index (κ2) is 7.00. The average Bonchev–Trinajstić information content (AvgIpc) is 2.80. The second-order valence-electron chi connectivity index (χ2n) is 6.58. The van der Waals surface area contributed by atoms with E-state index in [4.69, 9.17) is 9.47 Å². The Hall–Kier alpha value is -2.15. The highest BCUT2D eigenvalue weighted by atomic mass is 16.5. The maximum atomic E-state index is 6.03. The standard InChI is InChI=1S/C19H24N4O2/c1-22-8-10-23(11-9-22)21-19-15-4-3-7-20-17(15)13-25-18-6-5-14(24-2)12-16(18)19/h3-7,12,19,21H,8-11,13H2,1-2H3. The molecule has 2 aliphatic rings. The molecule has 1 saturated heterocycles. The molecule has 0 aliphatic carbocycles. The molecular formula is C19H24N4O2. The summed E-state index contributed by atoms with van der Waals surface area (Å²) in [5.41, 5.74) is 6.94. The number of rotatable bonds is 3. The molecule has 1 unspecified atom stereocenters. The van der Waals surface area contributed by atoms with E-state index in [1.54, 1.807) is 7.11 Å². The Labute approximate surface area is 148 Å². The number of benzene rings is 1. The van der Waals surface area contributed by atoms with Gasteiger partial charge in [-0.25, -0.2) is 10.4 Å². The topological polar surface area (TPSA) is 49.9 Å². The highest BCUT2D eigenvalue weighted by Gasteiger charge is 2.28. The lowest BCUT2D eigenvalue weighted by Gasteiger charge is -2.35. The Morgan fingerprint density at radius 1 is 1.16 bits per heavy atom. The van der Waals surface area contributed by atoms with Gasteiger partial charge >= 0.3 is 0 Å². The van der Waals surface area contributed by atoms with E-state index >= 15 is 0 Å². The maximum absolute atomic E-state index is 6.03. The third-order valence-electron chi connectivity index (χ3n) is 4.94. The molecule has 0 amide bonds. The van der Waals surface area contributed by atoms with Crippen molar-refractivity contribution in [2.45, 2.75) is 12.6 Å². The molecule has 1 atom stereocenters. The average molecular weight is 340 g/mol. The van der Waals surface area contributed by atoms with Gasteiger partial charge in [0.2, 0.25) is 0 Å². The zero-order valence-corrected chi connectivity index (χ0v) is 14.7. The molecule has 2 aromatic rings. The molecule has 0 saturated carbocycles. The van der Waals surface area contributed by atoms with Crippen molar-refractivity contribution in [2.75, 3.05) is 40.3 Å². The summed E-state index contributed by atoms with van der Waals surface area (Å²) in [4.78, 5) is 6.89. The molecule has 6 heteroatoms. The first-order valence-electron chi connectivity index (χ1n) is 8.69. The van der Waals surface area contributed by atoms with Crippen LogP contribution in [0.3, 0.4) is 0 Å². The smallest absolute Gasteiger partial charge is 0.131 e. The zero-order chi connectivity index (χ0) is 17.2. The summed E-state index contributed by atoms with van der Waals surface area (Å²) < 4.78 is 11.5. The van der Waals surface area contributed by atoms with Gasteiger partial charge in [0.1, 0.15) is 18.1 Å². The Bertz CT molecular complexity index is 744. The fourth-order valence-electron chi connectivity index (χ4n) is 3.42. The van der Waals surface area contributed by atoms with Crippen molar-refractivity contribution in [1.29, 1.82) is 0 Å². The van der Waals surface area contributed by atoms with Gasteiger partial charge in [0.15, 0.2) is 0 Å². The van der Waals surface area contributed by atoms with E-state index in [-0.39, 0.29) is 6.04 Å². The van der Waals surface area contributed by atoms with Gasteiger partial charge in [-0.15, -0.1) is 0 Å². The number of aromatic nitrogens is 1. The van der Waals surface area contributed by atoms with E-state index in [1.165, 1.54) is 0 Å². The van der Waals surface area contributed by atoms with Crippen molar-refractivity contribution in [3.05, 3.63) is 53.3 Å². The molecule has 0 bridgehead atoms. The zero-order valence-electron chi connectivity index (χ0n) is 14.7. The van der Waals surface area contributed by atoms with Gasteiger partial charge in [0.05, 0.1) is 18.8 Å². The van der Waals surface area contributed by atoms with Crippen LogP contribution in [0.5, 0.6) is 11.5 Å². The number of pyridine rings is 1. The van der Waals surface area contributed by atoms with E-state index in [9.17, 15) is 0 Å². The number of nitrogens with one attached hydrogen (secondary N) is 1. The maximum Gasteiger partial charge on any atom is 0.131 e. The van der Waals surface area contributed by atoms with E-state index in [1.807, 2.05) is 24.4 Å². The van der Waals surface area contributed by atoms with Crippen LogP contribution in [0.1, 0.15) is 22.9 Å². The predicted octanol–water partition coefficient (Wildman–Crippen LogP) is 1.82. The molecule has 0 radical (unpaired) electrons. The molecule has 4 rings (SSSR count). The first-order chi connectivity index (χ1) is 12.2. The summed E-state index contributed by atoms with van der Waals surface area (Å²) in [5, 5.41) is 2.30. The number of likely N-dealkylation sites (N-methyl/N-ethyl adjacent to an activating group) is 1. The lowest BCUT2D eigenvalue weighted by Crippen LogP contribution is -2.51. The van der Waals surface area contributed by atoms with Gasteiger partial charge in [-0.1, -0.05) is 6.07 Å². The highest BCUT2D eigenvalue weighted by molar-refractivity contribution is 5.48. The fourth-order valence-corrected chi connectivity index (χ4v) is 3.42. The summed E-state index contributed by atoms with van der Waals surface area (Å²) in [7, 11) is 3.86. The number of hydrazine groups is 1. The molecule has 2 aliphatic heterocycles. The number of piperazine rings is 1. The second-order valence-corrected chi connectivity index (χ2v) is 6.58. The Balaban J connectivity index is 1.72. The SMILES string of the molecule is COc1ccc2c(c1)C(NN1CCN(C)CC1)c1cccnc1CO2. The summed E-state index contributed by atoms with van der Waals surface area (Å²) >= 11 is 0. The minimum absolute atomic E-state index is 0.000272. The van der Waals surface area contributed by atoms with Crippen molar-refractivity contribution < 1.29 is 9.47 Å². The molecule has 0 spiro atoms. The van der Waals surface area contributed by atoms with Crippen LogP contribution >= 0.6 is 0 Å². The van der Waals surface area contributed by atoms with Crippen LogP contribution in [0.4, 0.5) is 0 Å². The third kappa shape index (κ3) is 3.33. The normalized spacial score (nSPS) is 21.0. The number of hydrogen-bond acceptors (Lipinski definition) is 6. The van der Waals surface area contributed by atoms with Crippen LogP contribution < -0.4 is 14.9 Å². The molecular weight excluding hydrogens is 316 g/mol. The molecule has 25 heavy (non-hydrogen) atoms. The van der Waals surface area contributed by atoms with Crippen LogP contribution in [-0.4, -0.2) is 55.2 Å². The Kier molecular flexibility index (Phi) is 4.57. The molecule has 132 valence electrons. The molecule has 6 nitrogen and oxygen atoms in total. The number of nitrogens with zero attached hydrogens (tertiary/aromatic N) is 3. The van der Waals surface area contributed by atoms with E-state index in [0.717, 1.165) is 54.5 Å². The van der Waals surface area contributed by atoms with Crippen LogP contribution in [0, 0.1) is 0 Å². The lowest BCUT2D eigenvalue weighted by atomic mass is 9.98. The Morgan fingerprint density at radius 2 is 2.00 bits per heavy atom. The summed E-state index contributed by atoms with van der Waals surface area (Å²) in [6, 6.07) is 10.1. The van der Waals surface area contributed by atoms with Crippen molar-refractivity contribution in [3.63, 3.8) is 0 Å². The number of ether oxygens (including phenoxy) is 2. The van der Waals surface area contributed by atoms with Crippen LogP contribution in [-0.2, 0) is 6.61 Å². The van der Waals surface area contributed by atoms with Crippen molar-refractivity contribution >= 4 is 0 Å². The first-order valence-corrected chi connectivity index (χ1v) is 8.69. The lowest BCUT2D eigenvalue weighted by molar-refractivity contribution is 0.0931. The van der Waals surface area contributed by atoms with Crippen LogP contribution in [0.15, 0.2) is 36.5 Å². The predicted molar refractivity (Wildman–Crippen MR) is 95.6 cm³/mol.